The average molecular weight is 360 g/mol. The van der Waals surface area contributed by atoms with Crippen LogP contribution in [-0.4, -0.2) is 42.9 Å². The summed E-state index contributed by atoms with van der Waals surface area (Å²) in [5, 5.41) is 1.90. The molecule has 1 amide bonds. The smallest absolute Gasteiger partial charge is 0.254 e. The molecule has 3 rings (SSSR count). The molecule has 6 heteroatoms. The third-order valence-corrected chi connectivity index (χ3v) is 5.72. The van der Waals surface area contributed by atoms with Crippen molar-refractivity contribution in [1.82, 2.24) is 4.90 Å². The summed E-state index contributed by atoms with van der Waals surface area (Å²) < 4.78 is 12.4. The summed E-state index contributed by atoms with van der Waals surface area (Å²) >= 11 is 4.94. The second-order valence-electron chi connectivity index (χ2n) is 5.39. The molecule has 0 unspecified atom stereocenters. The second-order valence-corrected chi connectivity index (χ2v) is 7.68. The number of hydrogen-bond donors (Lipinski definition) is 0. The highest BCUT2D eigenvalue weighted by molar-refractivity contribution is 9.11. The number of hydrogen-bond acceptors (Lipinski definition) is 4. The van der Waals surface area contributed by atoms with Crippen molar-refractivity contribution in [3.63, 3.8) is 0 Å². The Labute approximate surface area is 131 Å². The Balaban J connectivity index is 1.61. The number of ether oxygens (including phenoxy) is 2. The van der Waals surface area contributed by atoms with Crippen molar-refractivity contribution in [2.24, 2.45) is 0 Å². The molecule has 1 aromatic heterocycles. The van der Waals surface area contributed by atoms with E-state index in [1.165, 1.54) is 0 Å². The molecule has 20 heavy (non-hydrogen) atoms. The Hall–Kier alpha value is -0.430. The lowest BCUT2D eigenvalue weighted by Gasteiger charge is -2.39. The summed E-state index contributed by atoms with van der Waals surface area (Å²) in [7, 11) is 1.90. The molecular weight excluding hydrogens is 342 g/mol. The first-order chi connectivity index (χ1) is 9.60. The number of amides is 1. The monoisotopic (exact) mass is 359 g/mol. The molecule has 1 saturated carbocycles. The number of nitrogens with zero attached hydrogens (tertiary/aromatic N) is 1. The molecule has 1 aliphatic carbocycles. The molecule has 2 aliphatic rings. The van der Waals surface area contributed by atoms with Crippen LogP contribution in [0.25, 0.3) is 0 Å². The van der Waals surface area contributed by atoms with Gasteiger partial charge in [-0.05, 0) is 34.8 Å². The van der Waals surface area contributed by atoms with Gasteiger partial charge in [-0.2, -0.15) is 0 Å². The summed E-state index contributed by atoms with van der Waals surface area (Å²) in [4.78, 5) is 14.3. The predicted molar refractivity (Wildman–Crippen MR) is 81.0 cm³/mol. The first-order valence-corrected chi connectivity index (χ1v) is 8.56. The maximum absolute atomic E-state index is 12.4. The van der Waals surface area contributed by atoms with E-state index in [0.717, 1.165) is 35.0 Å². The SMILES string of the molecule is CN(C(=O)c1csc(Br)c1)C1CCC2(CC1)OCCO2. The van der Waals surface area contributed by atoms with Gasteiger partial charge < -0.3 is 14.4 Å². The van der Waals surface area contributed by atoms with Crippen LogP contribution in [0.5, 0.6) is 0 Å². The Morgan fingerprint density at radius 1 is 1.40 bits per heavy atom. The van der Waals surface area contributed by atoms with Crippen molar-refractivity contribution in [1.29, 1.82) is 0 Å². The number of halogens is 1. The van der Waals surface area contributed by atoms with Gasteiger partial charge >= 0.3 is 0 Å². The number of rotatable bonds is 2. The highest BCUT2D eigenvalue weighted by Crippen LogP contribution is 2.37. The fourth-order valence-electron chi connectivity index (χ4n) is 3.01. The zero-order valence-corrected chi connectivity index (χ0v) is 13.8. The lowest BCUT2D eigenvalue weighted by molar-refractivity contribution is -0.182. The minimum Gasteiger partial charge on any atom is -0.348 e. The molecule has 1 saturated heterocycles. The van der Waals surface area contributed by atoms with Crippen molar-refractivity contribution < 1.29 is 14.3 Å². The van der Waals surface area contributed by atoms with Crippen molar-refractivity contribution in [2.75, 3.05) is 20.3 Å². The van der Waals surface area contributed by atoms with Gasteiger partial charge in [0.15, 0.2) is 5.79 Å². The van der Waals surface area contributed by atoms with Crippen LogP contribution in [0.3, 0.4) is 0 Å². The molecule has 110 valence electrons. The fraction of sp³-hybridized carbons (Fsp3) is 0.643. The van der Waals surface area contributed by atoms with Crippen molar-refractivity contribution in [2.45, 2.75) is 37.5 Å². The van der Waals surface area contributed by atoms with E-state index in [2.05, 4.69) is 15.9 Å². The van der Waals surface area contributed by atoms with Gasteiger partial charge in [0, 0.05) is 31.3 Å². The third-order valence-electron chi connectivity index (χ3n) is 4.21. The van der Waals surface area contributed by atoms with Gasteiger partial charge in [0.25, 0.3) is 5.91 Å². The van der Waals surface area contributed by atoms with Crippen LogP contribution < -0.4 is 0 Å². The van der Waals surface area contributed by atoms with E-state index in [0.29, 0.717) is 13.2 Å². The molecule has 1 aliphatic heterocycles. The Morgan fingerprint density at radius 2 is 2.05 bits per heavy atom. The Kier molecular flexibility index (Phi) is 4.17. The molecule has 0 bridgehead atoms. The topological polar surface area (TPSA) is 38.8 Å². The summed E-state index contributed by atoms with van der Waals surface area (Å²) in [6, 6.07) is 2.16. The third kappa shape index (κ3) is 2.79. The van der Waals surface area contributed by atoms with E-state index in [-0.39, 0.29) is 17.7 Å². The van der Waals surface area contributed by atoms with E-state index in [1.807, 2.05) is 23.4 Å². The normalized spacial score (nSPS) is 22.3. The molecular formula is C14H18BrNO3S. The highest BCUT2D eigenvalue weighted by Gasteiger charge is 2.41. The molecule has 0 N–H and O–H groups in total. The molecule has 2 fully saturated rings. The van der Waals surface area contributed by atoms with E-state index < -0.39 is 0 Å². The van der Waals surface area contributed by atoms with Crippen LogP contribution in [0.4, 0.5) is 0 Å². The van der Waals surface area contributed by atoms with Crippen LogP contribution in [0.15, 0.2) is 15.2 Å². The fourth-order valence-corrected chi connectivity index (χ4v) is 4.14. The molecule has 1 spiro atoms. The van der Waals surface area contributed by atoms with Crippen LogP contribution in [0.1, 0.15) is 36.0 Å². The van der Waals surface area contributed by atoms with Gasteiger partial charge in [0.05, 0.1) is 22.6 Å². The van der Waals surface area contributed by atoms with Crippen LogP contribution >= 0.6 is 27.3 Å². The van der Waals surface area contributed by atoms with Gasteiger partial charge in [-0.25, -0.2) is 0 Å². The Bertz CT molecular complexity index is 488. The molecule has 2 heterocycles. The quantitative estimate of drug-likeness (QED) is 0.813. The lowest BCUT2D eigenvalue weighted by atomic mass is 9.89. The summed E-state index contributed by atoms with van der Waals surface area (Å²) in [6.07, 6.45) is 3.63. The first-order valence-electron chi connectivity index (χ1n) is 6.89. The lowest BCUT2D eigenvalue weighted by Crippen LogP contribution is -2.44. The van der Waals surface area contributed by atoms with Crippen LogP contribution in [0.2, 0.25) is 0 Å². The number of carbonyl (C=O) groups excluding carboxylic acids is 1. The largest absolute Gasteiger partial charge is 0.348 e. The Morgan fingerprint density at radius 3 is 2.60 bits per heavy atom. The van der Waals surface area contributed by atoms with Crippen molar-refractivity contribution in [3.05, 3.63) is 20.8 Å². The summed E-state index contributed by atoms with van der Waals surface area (Å²) in [6.45, 7) is 1.39. The van der Waals surface area contributed by atoms with Gasteiger partial charge in [-0.15, -0.1) is 11.3 Å². The van der Waals surface area contributed by atoms with Crippen molar-refractivity contribution in [3.8, 4) is 0 Å². The first kappa shape index (κ1) is 14.5. The van der Waals surface area contributed by atoms with Gasteiger partial charge in [0.2, 0.25) is 0 Å². The molecule has 1 aromatic rings. The standard InChI is InChI=1S/C14H18BrNO3S/c1-16(13(17)10-8-12(15)20-9-10)11-2-4-14(5-3-11)18-6-7-19-14/h8-9,11H,2-7H2,1H3. The number of thiophene rings is 1. The van der Waals surface area contributed by atoms with Gasteiger partial charge in [-0.1, -0.05) is 0 Å². The number of carbonyl (C=O) groups is 1. The minimum absolute atomic E-state index is 0.0983. The van der Waals surface area contributed by atoms with Gasteiger partial charge in [-0.3, -0.25) is 4.79 Å². The predicted octanol–water partition coefficient (Wildman–Crippen LogP) is 3.27. The van der Waals surface area contributed by atoms with Crippen LogP contribution in [0, 0.1) is 0 Å². The molecule has 0 radical (unpaired) electrons. The molecule has 0 aromatic carbocycles. The van der Waals surface area contributed by atoms with Crippen LogP contribution in [-0.2, 0) is 9.47 Å². The van der Waals surface area contributed by atoms with Crippen molar-refractivity contribution >= 4 is 33.2 Å². The maximum atomic E-state index is 12.4. The summed E-state index contributed by atoms with van der Waals surface area (Å²) in [5.41, 5.74) is 0.762. The summed E-state index contributed by atoms with van der Waals surface area (Å²) in [5.74, 6) is -0.257. The van der Waals surface area contributed by atoms with E-state index in [1.54, 1.807) is 11.3 Å². The maximum Gasteiger partial charge on any atom is 0.254 e. The van der Waals surface area contributed by atoms with E-state index in [4.69, 9.17) is 9.47 Å². The zero-order chi connectivity index (χ0) is 14.2. The van der Waals surface area contributed by atoms with E-state index >= 15 is 0 Å². The van der Waals surface area contributed by atoms with Gasteiger partial charge in [0.1, 0.15) is 0 Å². The second kappa shape index (κ2) is 5.75. The highest BCUT2D eigenvalue weighted by atomic mass is 79.9. The zero-order valence-electron chi connectivity index (χ0n) is 11.4. The molecule has 0 atom stereocenters. The minimum atomic E-state index is -0.355. The van der Waals surface area contributed by atoms with E-state index in [9.17, 15) is 4.79 Å². The molecule has 4 nitrogen and oxygen atoms in total. The average Bonchev–Trinajstić information content (AvgIpc) is 3.08.